The molecule has 0 fully saturated rings. The van der Waals surface area contributed by atoms with Crippen LogP contribution in [-0.4, -0.2) is 57.5 Å². The maximum absolute atomic E-state index is 5.98. The third-order valence-electron chi connectivity index (χ3n) is 2.51. The van der Waals surface area contributed by atoms with Gasteiger partial charge in [-0.25, -0.2) is 0 Å². The van der Waals surface area contributed by atoms with Crippen LogP contribution in [0.4, 0.5) is 0 Å². The lowest BCUT2D eigenvalue weighted by molar-refractivity contribution is 0.128. The minimum atomic E-state index is -0.0907. The third-order valence-corrected chi connectivity index (χ3v) is 2.51. The van der Waals surface area contributed by atoms with Crippen LogP contribution in [0.15, 0.2) is 0 Å². The van der Waals surface area contributed by atoms with Crippen molar-refractivity contribution in [3.05, 3.63) is 0 Å². The lowest BCUT2D eigenvalue weighted by atomic mass is 10.0. The van der Waals surface area contributed by atoms with Crippen LogP contribution in [0.25, 0.3) is 0 Å². The van der Waals surface area contributed by atoms with E-state index in [2.05, 4.69) is 18.7 Å². The van der Waals surface area contributed by atoms with Crippen LogP contribution in [0.2, 0.25) is 0 Å². The molecule has 0 aromatic carbocycles. The zero-order valence-electron chi connectivity index (χ0n) is 11.3. The van der Waals surface area contributed by atoms with E-state index < -0.39 is 0 Å². The van der Waals surface area contributed by atoms with E-state index in [-0.39, 0.29) is 5.54 Å². The molecule has 0 aromatic heterocycles. The molecule has 98 valence electrons. The first kappa shape index (κ1) is 15.8. The fourth-order valence-corrected chi connectivity index (χ4v) is 1.43. The second kappa shape index (κ2) is 8.93. The minimum Gasteiger partial charge on any atom is -0.385 e. The van der Waals surface area contributed by atoms with Gasteiger partial charge < -0.3 is 20.1 Å². The number of rotatable bonds is 10. The molecular weight excluding hydrogens is 204 g/mol. The van der Waals surface area contributed by atoms with Gasteiger partial charge in [-0.05, 0) is 33.2 Å². The molecule has 0 heterocycles. The summed E-state index contributed by atoms with van der Waals surface area (Å²) < 4.78 is 10.2. The SMILES string of the molecule is COCCCN(CCOC)CCC(C)(C)N. The van der Waals surface area contributed by atoms with Gasteiger partial charge in [-0.2, -0.15) is 0 Å². The first-order valence-electron chi connectivity index (χ1n) is 5.98. The second-order valence-electron chi connectivity index (χ2n) is 4.92. The molecule has 0 saturated carbocycles. The summed E-state index contributed by atoms with van der Waals surface area (Å²) in [5.41, 5.74) is 5.89. The van der Waals surface area contributed by atoms with Gasteiger partial charge in [-0.15, -0.1) is 0 Å². The number of hydrogen-bond donors (Lipinski definition) is 1. The molecule has 16 heavy (non-hydrogen) atoms. The van der Waals surface area contributed by atoms with Gasteiger partial charge >= 0.3 is 0 Å². The Balaban J connectivity index is 3.80. The highest BCUT2D eigenvalue weighted by Crippen LogP contribution is 2.05. The van der Waals surface area contributed by atoms with Crippen molar-refractivity contribution in [2.24, 2.45) is 5.73 Å². The van der Waals surface area contributed by atoms with E-state index in [4.69, 9.17) is 15.2 Å². The van der Waals surface area contributed by atoms with Crippen LogP contribution in [-0.2, 0) is 9.47 Å². The van der Waals surface area contributed by atoms with Crippen LogP contribution in [0, 0.1) is 0 Å². The summed E-state index contributed by atoms with van der Waals surface area (Å²) in [5.74, 6) is 0. The van der Waals surface area contributed by atoms with Crippen LogP contribution < -0.4 is 5.73 Å². The highest BCUT2D eigenvalue weighted by atomic mass is 16.5. The van der Waals surface area contributed by atoms with E-state index in [1.807, 2.05) is 0 Å². The van der Waals surface area contributed by atoms with Gasteiger partial charge in [0.2, 0.25) is 0 Å². The van der Waals surface area contributed by atoms with Crippen molar-refractivity contribution >= 4 is 0 Å². The number of hydrogen-bond acceptors (Lipinski definition) is 4. The van der Waals surface area contributed by atoms with Crippen molar-refractivity contribution in [1.29, 1.82) is 0 Å². The molecule has 0 rings (SSSR count). The molecule has 0 spiro atoms. The first-order valence-corrected chi connectivity index (χ1v) is 5.98. The lowest BCUT2D eigenvalue weighted by Crippen LogP contribution is -2.39. The summed E-state index contributed by atoms with van der Waals surface area (Å²) in [4.78, 5) is 2.39. The van der Waals surface area contributed by atoms with Gasteiger partial charge in [-0.1, -0.05) is 0 Å². The summed E-state index contributed by atoms with van der Waals surface area (Å²) in [7, 11) is 3.47. The van der Waals surface area contributed by atoms with Crippen LogP contribution in [0.1, 0.15) is 26.7 Å². The summed E-state index contributed by atoms with van der Waals surface area (Å²) in [6, 6.07) is 0. The quantitative estimate of drug-likeness (QED) is 0.573. The zero-order chi connectivity index (χ0) is 12.4. The summed E-state index contributed by atoms with van der Waals surface area (Å²) >= 11 is 0. The van der Waals surface area contributed by atoms with E-state index >= 15 is 0 Å². The van der Waals surface area contributed by atoms with Crippen molar-refractivity contribution in [3.8, 4) is 0 Å². The Morgan fingerprint density at radius 1 is 1.00 bits per heavy atom. The Bertz CT molecular complexity index is 158. The average Bonchev–Trinajstić information content (AvgIpc) is 2.20. The van der Waals surface area contributed by atoms with Crippen LogP contribution in [0.3, 0.4) is 0 Å². The fourth-order valence-electron chi connectivity index (χ4n) is 1.43. The van der Waals surface area contributed by atoms with Gasteiger partial charge in [0.1, 0.15) is 0 Å². The van der Waals surface area contributed by atoms with Gasteiger partial charge in [0.05, 0.1) is 6.61 Å². The molecule has 0 bridgehead atoms. The van der Waals surface area contributed by atoms with Gasteiger partial charge in [0, 0.05) is 39.5 Å². The maximum atomic E-state index is 5.98. The van der Waals surface area contributed by atoms with Crippen LogP contribution >= 0.6 is 0 Å². The fraction of sp³-hybridized carbons (Fsp3) is 1.00. The number of nitrogens with two attached hydrogens (primary N) is 1. The molecule has 4 nitrogen and oxygen atoms in total. The lowest BCUT2D eigenvalue weighted by Gasteiger charge is -2.26. The molecule has 2 N–H and O–H groups in total. The monoisotopic (exact) mass is 232 g/mol. The molecule has 0 aliphatic heterocycles. The summed E-state index contributed by atoms with van der Waals surface area (Å²) in [6.45, 7) is 8.76. The van der Waals surface area contributed by atoms with Crippen molar-refractivity contribution in [1.82, 2.24) is 4.90 Å². The predicted octanol–water partition coefficient (Wildman–Crippen LogP) is 1.10. The molecule has 0 aliphatic rings. The van der Waals surface area contributed by atoms with Crippen molar-refractivity contribution in [2.45, 2.75) is 32.2 Å². The van der Waals surface area contributed by atoms with Crippen molar-refractivity contribution in [2.75, 3.05) is 47.1 Å². The number of nitrogens with zero attached hydrogens (tertiary/aromatic N) is 1. The maximum Gasteiger partial charge on any atom is 0.0589 e. The topological polar surface area (TPSA) is 47.7 Å². The summed E-state index contributed by atoms with van der Waals surface area (Å²) in [6.07, 6.45) is 2.06. The Kier molecular flexibility index (Phi) is 8.84. The van der Waals surface area contributed by atoms with Gasteiger partial charge in [-0.3, -0.25) is 0 Å². The molecule has 0 radical (unpaired) electrons. The molecule has 0 atom stereocenters. The molecule has 4 heteroatoms. The van der Waals surface area contributed by atoms with E-state index in [1.165, 1.54) is 0 Å². The smallest absolute Gasteiger partial charge is 0.0589 e. The van der Waals surface area contributed by atoms with Gasteiger partial charge in [0.25, 0.3) is 0 Å². The Labute approximate surface area is 100 Å². The number of methoxy groups -OCH3 is 2. The Morgan fingerprint density at radius 2 is 1.62 bits per heavy atom. The molecule has 0 unspecified atom stereocenters. The largest absolute Gasteiger partial charge is 0.385 e. The molecule has 0 saturated heterocycles. The van der Waals surface area contributed by atoms with Crippen molar-refractivity contribution in [3.63, 3.8) is 0 Å². The molecule has 0 aliphatic carbocycles. The minimum absolute atomic E-state index is 0.0907. The van der Waals surface area contributed by atoms with E-state index in [9.17, 15) is 0 Å². The van der Waals surface area contributed by atoms with Crippen LogP contribution in [0.5, 0.6) is 0 Å². The van der Waals surface area contributed by atoms with E-state index in [0.29, 0.717) is 0 Å². The predicted molar refractivity (Wildman–Crippen MR) is 67.7 cm³/mol. The third kappa shape index (κ3) is 10.4. The Hall–Kier alpha value is -0.160. The highest BCUT2D eigenvalue weighted by Gasteiger charge is 2.13. The normalized spacial score (nSPS) is 12.4. The second-order valence-corrected chi connectivity index (χ2v) is 4.92. The van der Waals surface area contributed by atoms with Gasteiger partial charge in [0.15, 0.2) is 0 Å². The summed E-state index contributed by atoms with van der Waals surface area (Å²) in [5, 5.41) is 0. The highest BCUT2D eigenvalue weighted by molar-refractivity contribution is 4.74. The molecule has 0 aromatic rings. The molecule has 0 amide bonds. The number of ether oxygens (including phenoxy) is 2. The van der Waals surface area contributed by atoms with E-state index in [0.717, 1.165) is 45.7 Å². The molecular formula is C12H28N2O2. The first-order chi connectivity index (χ1) is 7.49. The average molecular weight is 232 g/mol. The standard InChI is InChI=1S/C12H28N2O2/c1-12(2,13)6-8-14(9-11-16-4)7-5-10-15-3/h5-11,13H2,1-4H3. The van der Waals surface area contributed by atoms with E-state index in [1.54, 1.807) is 14.2 Å². The zero-order valence-corrected chi connectivity index (χ0v) is 11.3. The Morgan fingerprint density at radius 3 is 2.12 bits per heavy atom. The van der Waals surface area contributed by atoms with Crippen molar-refractivity contribution < 1.29 is 9.47 Å².